The van der Waals surface area contributed by atoms with Gasteiger partial charge in [-0.05, 0) is 133 Å². The molecule has 0 saturated heterocycles. The van der Waals surface area contributed by atoms with Crippen molar-refractivity contribution in [1.82, 2.24) is 0 Å². The van der Waals surface area contributed by atoms with Gasteiger partial charge >= 0.3 is 0 Å². The topological polar surface area (TPSA) is 6.48 Å². The van der Waals surface area contributed by atoms with Gasteiger partial charge in [-0.3, -0.25) is 0 Å². The van der Waals surface area contributed by atoms with Crippen molar-refractivity contribution in [2.75, 3.05) is 9.80 Å². The van der Waals surface area contributed by atoms with Gasteiger partial charge in [-0.1, -0.05) is 123 Å². The summed E-state index contributed by atoms with van der Waals surface area (Å²) in [5.41, 5.74) is 15.4. The van der Waals surface area contributed by atoms with E-state index < -0.39 is 0 Å². The predicted octanol–water partition coefficient (Wildman–Crippen LogP) is 13.7. The molecule has 0 bridgehead atoms. The molecule has 5 aromatic rings. The number of rotatable bonds is 10. The standard InChI is InChI=1S/C49H46N2/c1-3-49(4-2)47-35-38(26-25-37-27-30-43(31-28-37)50(39-17-9-5-10-18-39)40-19-11-6-12-20-40)29-33-45(47)46-34-32-44(36-48(46)49)51(41-21-13-7-14-22-41)42-23-15-8-16-24-42/h5,7-11,13-15,17-23,25-36H,3-4,6,12,16,24H2,1-2H3/b26-25+. The lowest BCUT2D eigenvalue weighted by atomic mass is 9.73. The zero-order valence-electron chi connectivity index (χ0n) is 29.8. The molecular weight excluding hydrogens is 617 g/mol. The quantitative estimate of drug-likeness (QED) is 0.137. The van der Waals surface area contributed by atoms with E-state index in [1.807, 2.05) is 0 Å². The molecule has 0 heterocycles. The maximum atomic E-state index is 2.49. The minimum atomic E-state index is -0.0292. The highest BCUT2D eigenvalue weighted by Crippen LogP contribution is 2.54. The molecule has 0 spiro atoms. The summed E-state index contributed by atoms with van der Waals surface area (Å²) in [7, 11) is 0. The molecule has 3 aliphatic carbocycles. The van der Waals surface area contributed by atoms with Crippen molar-refractivity contribution in [3.05, 3.63) is 191 Å². The highest BCUT2D eigenvalue weighted by molar-refractivity contribution is 5.86. The minimum absolute atomic E-state index is 0.0292. The van der Waals surface area contributed by atoms with Crippen LogP contribution in [0.4, 0.5) is 22.7 Å². The molecule has 8 rings (SSSR count). The Morgan fingerprint density at radius 1 is 0.569 bits per heavy atom. The maximum absolute atomic E-state index is 2.49. The number of nitrogens with zero attached hydrogens (tertiary/aromatic N) is 2. The highest BCUT2D eigenvalue weighted by atomic mass is 15.2. The summed E-state index contributed by atoms with van der Waals surface area (Å²) in [6.45, 7) is 4.72. The van der Waals surface area contributed by atoms with E-state index in [0.717, 1.165) is 38.5 Å². The van der Waals surface area contributed by atoms with Crippen LogP contribution in [-0.2, 0) is 5.41 Å². The van der Waals surface area contributed by atoms with Crippen LogP contribution in [0.25, 0.3) is 23.3 Å². The fourth-order valence-corrected chi connectivity index (χ4v) is 8.31. The Bertz CT molecular complexity index is 2160. The van der Waals surface area contributed by atoms with E-state index in [1.165, 1.54) is 67.5 Å². The van der Waals surface area contributed by atoms with Crippen molar-refractivity contribution in [2.24, 2.45) is 0 Å². The Kier molecular flexibility index (Phi) is 9.16. The summed E-state index contributed by atoms with van der Waals surface area (Å²) in [6, 6.07) is 44.7. The van der Waals surface area contributed by atoms with Crippen molar-refractivity contribution < 1.29 is 0 Å². The van der Waals surface area contributed by atoms with Gasteiger partial charge in [-0.2, -0.15) is 0 Å². The van der Waals surface area contributed by atoms with Crippen LogP contribution in [0, 0.1) is 0 Å². The molecule has 0 saturated carbocycles. The number of fused-ring (bicyclic) bond motifs is 3. The van der Waals surface area contributed by atoms with E-state index in [9.17, 15) is 0 Å². The third-order valence-corrected chi connectivity index (χ3v) is 11.0. The van der Waals surface area contributed by atoms with Crippen molar-refractivity contribution in [3.8, 4) is 11.1 Å². The van der Waals surface area contributed by atoms with Crippen molar-refractivity contribution >= 4 is 34.9 Å². The molecule has 0 atom stereocenters. The zero-order valence-corrected chi connectivity index (χ0v) is 29.8. The Morgan fingerprint density at radius 2 is 1.18 bits per heavy atom. The van der Waals surface area contributed by atoms with Gasteiger partial charge in [0.1, 0.15) is 0 Å². The molecule has 252 valence electrons. The average Bonchev–Trinajstić information content (AvgIpc) is 3.48. The number of para-hydroxylation sites is 2. The van der Waals surface area contributed by atoms with Crippen molar-refractivity contribution in [3.63, 3.8) is 0 Å². The minimum Gasteiger partial charge on any atom is -0.314 e. The Labute approximate surface area is 304 Å². The molecule has 2 nitrogen and oxygen atoms in total. The molecule has 2 heteroatoms. The second-order valence-electron chi connectivity index (χ2n) is 13.8. The van der Waals surface area contributed by atoms with Crippen LogP contribution in [-0.4, -0.2) is 0 Å². The zero-order chi connectivity index (χ0) is 34.6. The molecule has 0 unspecified atom stereocenters. The van der Waals surface area contributed by atoms with Crippen LogP contribution < -0.4 is 9.80 Å². The first-order chi connectivity index (χ1) is 25.2. The molecule has 0 fully saturated rings. The lowest BCUT2D eigenvalue weighted by Crippen LogP contribution is -2.24. The number of hydrogen-bond acceptors (Lipinski definition) is 2. The monoisotopic (exact) mass is 662 g/mol. The van der Waals surface area contributed by atoms with Gasteiger partial charge in [0.2, 0.25) is 0 Å². The smallest absolute Gasteiger partial charge is 0.0461 e. The summed E-state index contributed by atoms with van der Waals surface area (Å²) < 4.78 is 0. The van der Waals surface area contributed by atoms with Crippen LogP contribution in [0.5, 0.6) is 0 Å². The number of allylic oxidation sites excluding steroid dienone is 7. The Balaban J connectivity index is 1.10. The normalized spacial score (nSPS) is 15.6. The van der Waals surface area contributed by atoms with Crippen LogP contribution in [0.1, 0.15) is 74.6 Å². The summed E-state index contributed by atoms with van der Waals surface area (Å²) in [4.78, 5) is 4.81. The molecule has 0 radical (unpaired) electrons. The molecule has 51 heavy (non-hydrogen) atoms. The van der Waals surface area contributed by atoms with E-state index in [4.69, 9.17) is 0 Å². The van der Waals surface area contributed by atoms with E-state index in [-0.39, 0.29) is 5.41 Å². The average molecular weight is 663 g/mol. The SMILES string of the molecule is CCC1(CC)c2cc(/C=C/c3ccc(N(C4=CCCC=C4)c4ccccc4)cc3)ccc2-c2ccc(N(C3=CC=CCC3)c3ccccc3)cc21. The Morgan fingerprint density at radius 3 is 1.82 bits per heavy atom. The first-order valence-corrected chi connectivity index (χ1v) is 18.7. The van der Waals surface area contributed by atoms with E-state index in [0.29, 0.717) is 0 Å². The molecular formula is C49H46N2. The maximum Gasteiger partial charge on any atom is 0.0461 e. The van der Waals surface area contributed by atoms with Gasteiger partial charge < -0.3 is 9.80 Å². The van der Waals surface area contributed by atoms with Gasteiger partial charge in [-0.15, -0.1) is 0 Å². The molecule has 3 aliphatic rings. The highest BCUT2D eigenvalue weighted by Gasteiger charge is 2.41. The van der Waals surface area contributed by atoms with E-state index in [2.05, 4.69) is 194 Å². The number of anilines is 4. The Hall–Kier alpha value is -5.60. The number of benzene rings is 5. The first-order valence-electron chi connectivity index (χ1n) is 18.7. The third-order valence-electron chi connectivity index (χ3n) is 11.0. The van der Waals surface area contributed by atoms with Gasteiger partial charge in [0.05, 0.1) is 0 Å². The van der Waals surface area contributed by atoms with Crippen LogP contribution in [0.3, 0.4) is 0 Å². The largest absolute Gasteiger partial charge is 0.314 e. The fraction of sp³-hybridized carbons (Fsp3) is 0.184. The summed E-state index contributed by atoms with van der Waals surface area (Å²) >= 11 is 0. The van der Waals surface area contributed by atoms with E-state index >= 15 is 0 Å². The second kappa shape index (κ2) is 14.3. The van der Waals surface area contributed by atoms with Crippen LogP contribution in [0.2, 0.25) is 0 Å². The molecule has 0 aliphatic heterocycles. The van der Waals surface area contributed by atoms with Crippen molar-refractivity contribution in [2.45, 2.75) is 57.8 Å². The van der Waals surface area contributed by atoms with Crippen molar-refractivity contribution in [1.29, 1.82) is 0 Å². The lowest BCUT2D eigenvalue weighted by molar-refractivity contribution is 0.490. The first kappa shape index (κ1) is 32.6. The molecule has 0 N–H and O–H groups in total. The molecule has 5 aromatic carbocycles. The summed E-state index contributed by atoms with van der Waals surface area (Å²) in [6.07, 6.45) is 24.5. The summed E-state index contributed by atoms with van der Waals surface area (Å²) in [5.74, 6) is 0. The molecule has 0 amide bonds. The van der Waals surface area contributed by atoms with Gasteiger partial charge in [0.25, 0.3) is 0 Å². The number of hydrogen-bond donors (Lipinski definition) is 0. The molecule has 0 aromatic heterocycles. The third kappa shape index (κ3) is 6.21. The fourth-order valence-electron chi connectivity index (χ4n) is 8.31. The van der Waals surface area contributed by atoms with Crippen LogP contribution in [0.15, 0.2) is 169 Å². The second-order valence-corrected chi connectivity index (χ2v) is 13.8. The van der Waals surface area contributed by atoms with Crippen LogP contribution >= 0.6 is 0 Å². The van der Waals surface area contributed by atoms with Gasteiger partial charge in [0, 0.05) is 39.6 Å². The van der Waals surface area contributed by atoms with Gasteiger partial charge in [-0.25, -0.2) is 0 Å². The lowest BCUT2D eigenvalue weighted by Gasteiger charge is -2.33. The predicted molar refractivity (Wildman–Crippen MR) is 219 cm³/mol. The summed E-state index contributed by atoms with van der Waals surface area (Å²) in [5, 5.41) is 0. The van der Waals surface area contributed by atoms with Gasteiger partial charge in [0.15, 0.2) is 0 Å². The van der Waals surface area contributed by atoms with E-state index in [1.54, 1.807) is 0 Å².